The summed E-state index contributed by atoms with van der Waals surface area (Å²) in [6.45, 7) is 8.81. The fourth-order valence-electron chi connectivity index (χ4n) is 4.73. The number of benzene rings is 1. The number of nitrogens with one attached hydrogen (secondary N) is 2. The molecule has 2 N–H and O–H groups in total. The number of aromatic nitrogens is 7. The first kappa shape index (κ1) is 23.9. The van der Waals surface area contributed by atoms with Crippen LogP contribution in [0.4, 0.5) is 11.6 Å². The van der Waals surface area contributed by atoms with Gasteiger partial charge in [0.25, 0.3) is 5.56 Å². The number of fused-ring (bicyclic) bond motifs is 2. The van der Waals surface area contributed by atoms with E-state index in [0.717, 1.165) is 49.1 Å². The first-order chi connectivity index (χ1) is 18.6. The zero-order valence-corrected chi connectivity index (χ0v) is 21.2. The number of rotatable bonds is 8. The molecule has 1 fully saturated rings. The largest absolute Gasteiger partial charge is 0.474 e. The van der Waals surface area contributed by atoms with Gasteiger partial charge in [0.15, 0.2) is 11.5 Å². The number of aryl methyl sites for hydroxylation is 1. The zero-order chi connectivity index (χ0) is 26.1. The van der Waals surface area contributed by atoms with Crippen LogP contribution >= 0.6 is 0 Å². The van der Waals surface area contributed by atoms with Gasteiger partial charge in [0.1, 0.15) is 11.5 Å². The van der Waals surface area contributed by atoms with Crippen molar-refractivity contribution in [3.05, 3.63) is 71.8 Å². The Labute approximate surface area is 218 Å². The Hall–Kier alpha value is -4.51. The van der Waals surface area contributed by atoms with Gasteiger partial charge in [-0.1, -0.05) is 12.1 Å². The Morgan fingerprint density at radius 2 is 2.08 bits per heavy atom. The SMILES string of the molecule is C=CCn1c(=O)c2cnc(Nc3ccc4nn(CC)cc4c3)nc2n1-c1cccc(OC2CCNCC2)n1. The molecule has 0 saturated carbocycles. The second-order valence-electron chi connectivity index (χ2n) is 9.20. The van der Waals surface area contributed by atoms with Crippen LogP contribution < -0.4 is 20.9 Å². The van der Waals surface area contributed by atoms with E-state index in [-0.39, 0.29) is 18.2 Å². The van der Waals surface area contributed by atoms with Crippen molar-refractivity contribution >= 4 is 33.6 Å². The summed E-state index contributed by atoms with van der Waals surface area (Å²) >= 11 is 0. The predicted molar refractivity (Wildman–Crippen MR) is 146 cm³/mol. The summed E-state index contributed by atoms with van der Waals surface area (Å²) in [4.78, 5) is 27.2. The molecule has 38 heavy (non-hydrogen) atoms. The Balaban J connectivity index is 1.39. The molecule has 194 valence electrons. The second kappa shape index (κ2) is 10.1. The fourth-order valence-corrected chi connectivity index (χ4v) is 4.73. The lowest BCUT2D eigenvalue weighted by Gasteiger charge is -2.23. The molecule has 5 aromatic rings. The van der Waals surface area contributed by atoms with E-state index in [1.807, 2.05) is 47.3 Å². The minimum absolute atomic E-state index is 0.107. The summed E-state index contributed by atoms with van der Waals surface area (Å²) in [6, 6.07) is 11.4. The number of pyridine rings is 1. The van der Waals surface area contributed by atoms with E-state index in [2.05, 4.69) is 34.2 Å². The maximum Gasteiger partial charge on any atom is 0.278 e. The highest BCUT2D eigenvalue weighted by Gasteiger charge is 2.20. The monoisotopic (exact) mass is 511 g/mol. The van der Waals surface area contributed by atoms with Crippen LogP contribution in [0.2, 0.25) is 0 Å². The van der Waals surface area contributed by atoms with Crippen LogP contribution in [-0.2, 0) is 13.1 Å². The van der Waals surface area contributed by atoms with Gasteiger partial charge >= 0.3 is 0 Å². The van der Waals surface area contributed by atoms with Crippen LogP contribution in [0.25, 0.3) is 27.8 Å². The highest BCUT2D eigenvalue weighted by atomic mass is 16.5. The lowest BCUT2D eigenvalue weighted by Crippen LogP contribution is -2.34. The molecule has 0 atom stereocenters. The van der Waals surface area contributed by atoms with Crippen molar-refractivity contribution in [2.75, 3.05) is 18.4 Å². The molecule has 11 nitrogen and oxygen atoms in total. The molecular weight excluding hydrogens is 482 g/mol. The van der Waals surface area contributed by atoms with Gasteiger partial charge in [0, 0.05) is 36.1 Å². The van der Waals surface area contributed by atoms with Crippen molar-refractivity contribution in [2.24, 2.45) is 0 Å². The van der Waals surface area contributed by atoms with Crippen molar-refractivity contribution in [1.29, 1.82) is 0 Å². The molecule has 0 aliphatic carbocycles. The van der Waals surface area contributed by atoms with Crippen molar-refractivity contribution in [3.8, 4) is 11.7 Å². The van der Waals surface area contributed by atoms with Crippen LogP contribution in [-0.4, -0.2) is 53.3 Å². The normalized spacial score (nSPS) is 14.2. The topological polar surface area (TPSA) is 117 Å². The molecule has 0 unspecified atom stereocenters. The van der Waals surface area contributed by atoms with Crippen LogP contribution in [0.3, 0.4) is 0 Å². The molecule has 6 rings (SSSR count). The van der Waals surface area contributed by atoms with Crippen molar-refractivity contribution in [2.45, 2.75) is 39.0 Å². The highest BCUT2D eigenvalue weighted by molar-refractivity contribution is 5.83. The maximum atomic E-state index is 13.3. The quantitative estimate of drug-likeness (QED) is 0.305. The summed E-state index contributed by atoms with van der Waals surface area (Å²) < 4.78 is 11.3. The third kappa shape index (κ3) is 4.52. The minimum Gasteiger partial charge on any atom is -0.474 e. The molecule has 0 amide bonds. The van der Waals surface area contributed by atoms with Crippen molar-refractivity contribution < 1.29 is 4.74 Å². The van der Waals surface area contributed by atoms with E-state index >= 15 is 0 Å². The summed E-state index contributed by atoms with van der Waals surface area (Å²) in [5, 5.41) is 12.5. The van der Waals surface area contributed by atoms with E-state index < -0.39 is 0 Å². The Kier molecular flexibility index (Phi) is 6.34. The molecule has 0 radical (unpaired) electrons. The molecule has 1 aliphatic rings. The van der Waals surface area contributed by atoms with Gasteiger partial charge in [-0.3, -0.25) is 9.48 Å². The zero-order valence-electron chi connectivity index (χ0n) is 21.2. The van der Waals surface area contributed by atoms with Gasteiger partial charge in [0.2, 0.25) is 11.8 Å². The smallest absolute Gasteiger partial charge is 0.278 e. The van der Waals surface area contributed by atoms with Crippen LogP contribution in [0.1, 0.15) is 19.8 Å². The Morgan fingerprint density at radius 1 is 1.21 bits per heavy atom. The van der Waals surface area contributed by atoms with Crippen molar-refractivity contribution in [1.82, 2.24) is 39.4 Å². The molecule has 1 saturated heterocycles. The summed E-state index contributed by atoms with van der Waals surface area (Å²) in [5.41, 5.74) is 1.97. The first-order valence-electron chi connectivity index (χ1n) is 12.8. The molecule has 5 heterocycles. The summed E-state index contributed by atoms with van der Waals surface area (Å²) in [5.74, 6) is 1.41. The average molecular weight is 512 g/mol. The van der Waals surface area contributed by atoms with E-state index in [4.69, 9.17) is 14.7 Å². The van der Waals surface area contributed by atoms with Gasteiger partial charge in [-0.15, -0.1) is 6.58 Å². The van der Waals surface area contributed by atoms with E-state index in [9.17, 15) is 4.79 Å². The van der Waals surface area contributed by atoms with E-state index in [1.54, 1.807) is 21.6 Å². The molecule has 11 heteroatoms. The van der Waals surface area contributed by atoms with Crippen LogP contribution in [0, 0.1) is 0 Å². The van der Waals surface area contributed by atoms with Crippen LogP contribution in [0.5, 0.6) is 5.88 Å². The highest BCUT2D eigenvalue weighted by Crippen LogP contribution is 2.23. The second-order valence-corrected chi connectivity index (χ2v) is 9.20. The van der Waals surface area contributed by atoms with E-state index in [0.29, 0.717) is 28.7 Å². The third-order valence-corrected chi connectivity index (χ3v) is 6.61. The number of hydrogen-bond donors (Lipinski definition) is 2. The van der Waals surface area contributed by atoms with Crippen molar-refractivity contribution in [3.63, 3.8) is 0 Å². The molecule has 4 aromatic heterocycles. The number of hydrogen-bond acceptors (Lipinski definition) is 8. The van der Waals surface area contributed by atoms with Gasteiger partial charge < -0.3 is 15.4 Å². The molecule has 0 spiro atoms. The maximum absolute atomic E-state index is 13.3. The predicted octanol–water partition coefficient (Wildman–Crippen LogP) is 3.41. The van der Waals surface area contributed by atoms with Gasteiger partial charge in [0.05, 0.1) is 12.1 Å². The van der Waals surface area contributed by atoms with E-state index in [1.165, 1.54) is 0 Å². The Bertz CT molecular complexity index is 1680. The molecule has 1 aromatic carbocycles. The lowest BCUT2D eigenvalue weighted by molar-refractivity contribution is 0.156. The number of allylic oxidation sites excluding steroid dienone is 1. The van der Waals surface area contributed by atoms with Gasteiger partial charge in [-0.2, -0.15) is 15.1 Å². The first-order valence-corrected chi connectivity index (χ1v) is 12.8. The summed E-state index contributed by atoms with van der Waals surface area (Å²) in [7, 11) is 0. The number of nitrogens with zero attached hydrogens (tertiary/aromatic N) is 7. The average Bonchev–Trinajstić information content (AvgIpc) is 3.47. The number of piperidine rings is 1. The molecule has 0 bridgehead atoms. The van der Waals surface area contributed by atoms with Crippen LogP contribution in [0.15, 0.2) is 66.2 Å². The van der Waals surface area contributed by atoms with Gasteiger partial charge in [-0.25, -0.2) is 14.3 Å². The number of anilines is 2. The molecular formula is C27H29N9O2. The molecule has 1 aliphatic heterocycles. The fraction of sp³-hybridized carbons (Fsp3) is 0.296. The number of ether oxygens (including phenoxy) is 1. The Morgan fingerprint density at radius 3 is 2.89 bits per heavy atom. The third-order valence-electron chi connectivity index (χ3n) is 6.61. The van der Waals surface area contributed by atoms with Gasteiger partial charge in [-0.05, 0) is 57.1 Å². The standard InChI is InChI=1S/C27H29N9O2/c1-3-14-35-26(37)21-16-29-27(30-19-8-9-22-18(15-19)17-34(4-2)33-22)32-25(21)36(35)23-6-5-7-24(31-23)38-20-10-12-28-13-11-20/h3,5-9,15-17,20,28H,1,4,10-14H2,2H3,(H,29,30,32). The summed E-state index contributed by atoms with van der Waals surface area (Å²) in [6.07, 6.45) is 7.17. The lowest BCUT2D eigenvalue weighted by atomic mass is 10.1. The minimum atomic E-state index is -0.216.